The summed E-state index contributed by atoms with van der Waals surface area (Å²) in [6.07, 6.45) is 0. The molecule has 0 fully saturated rings. The van der Waals surface area contributed by atoms with Crippen molar-refractivity contribution in [3.63, 3.8) is 0 Å². The second-order valence-corrected chi connectivity index (χ2v) is 10.0. The summed E-state index contributed by atoms with van der Waals surface area (Å²) in [5, 5.41) is 4.08. The fourth-order valence-electron chi connectivity index (χ4n) is 5.28. The SMILES string of the molecule is CC.Cc1cccc(-c2cc3cc4cc(-c5cc6cc7cc(-c8cccc(C)c8)oc7cc6o5)oc4cc3o2)c1. The van der Waals surface area contributed by atoms with Gasteiger partial charge in [-0.05, 0) is 62.4 Å². The largest absolute Gasteiger partial charge is 0.456 e. The van der Waals surface area contributed by atoms with Crippen molar-refractivity contribution in [1.82, 2.24) is 0 Å². The molecule has 0 aliphatic carbocycles. The zero-order chi connectivity index (χ0) is 27.4. The third-order valence-corrected chi connectivity index (χ3v) is 7.16. The van der Waals surface area contributed by atoms with Gasteiger partial charge in [0, 0.05) is 44.8 Å². The van der Waals surface area contributed by atoms with Gasteiger partial charge in [0.15, 0.2) is 11.5 Å². The molecule has 0 saturated carbocycles. The van der Waals surface area contributed by atoms with E-state index in [1.54, 1.807) is 0 Å². The monoisotopic (exact) mass is 524 g/mol. The highest BCUT2D eigenvalue weighted by atomic mass is 16.4. The molecular formula is C36H28O4. The Bertz CT molecular complexity index is 1900. The third kappa shape index (κ3) is 4.09. The number of hydrogen-bond acceptors (Lipinski definition) is 4. The second kappa shape index (κ2) is 9.35. The van der Waals surface area contributed by atoms with Crippen LogP contribution in [0.5, 0.6) is 0 Å². The molecule has 0 unspecified atom stereocenters. The summed E-state index contributed by atoms with van der Waals surface area (Å²) in [5.41, 5.74) is 7.64. The molecule has 196 valence electrons. The highest BCUT2D eigenvalue weighted by Crippen LogP contribution is 2.38. The highest BCUT2D eigenvalue weighted by molar-refractivity contribution is 5.99. The predicted octanol–water partition coefficient (Wildman–Crippen LogP) is 11.3. The first-order valence-electron chi connectivity index (χ1n) is 13.6. The lowest BCUT2D eigenvalue weighted by Gasteiger charge is -1.97. The Kier molecular flexibility index (Phi) is 5.64. The summed E-state index contributed by atoms with van der Waals surface area (Å²) < 4.78 is 24.8. The van der Waals surface area contributed by atoms with Crippen molar-refractivity contribution in [3.8, 4) is 34.2 Å². The van der Waals surface area contributed by atoms with E-state index in [2.05, 4.69) is 74.5 Å². The Morgan fingerprint density at radius 2 is 0.725 bits per heavy atom. The maximum Gasteiger partial charge on any atom is 0.170 e. The molecule has 0 N–H and O–H groups in total. The highest BCUT2D eigenvalue weighted by Gasteiger charge is 2.16. The van der Waals surface area contributed by atoms with E-state index >= 15 is 0 Å². The number of benzene rings is 4. The second-order valence-electron chi connectivity index (χ2n) is 10.0. The van der Waals surface area contributed by atoms with Gasteiger partial charge >= 0.3 is 0 Å². The van der Waals surface area contributed by atoms with Crippen molar-refractivity contribution in [2.75, 3.05) is 0 Å². The molecule has 4 heterocycles. The minimum Gasteiger partial charge on any atom is -0.456 e. The molecule has 8 aromatic rings. The van der Waals surface area contributed by atoms with Crippen LogP contribution in [0.1, 0.15) is 25.0 Å². The molecule has 8 rings (SSSR count). The van der Waals surface area contributed by atoms with Gasteiger partial charge in [-0.25, -0.2) is 0 Å². The van der Waals surface area contributed by atoms with E-state index in [9.17, 15) is 0 Å². The maximum absolute atomic E-state index is 6.22. The number of rotatable bonds is 3. The first kappa shape index (κ1) is 24.1. The number of furan rings is 4. The lowest BCUT2D eigenvalue weighted by atomic mass is 10.1. The number of aryl methyl sites for hydroxylation is 2. The van der Waals surface area contributed by atoms with Crippen molar-refractivity contribution < 1.29 is 17.7 Å². The van der Waals surface area contributed by atoms with Crippen LogP contribution in [0, 0.1) is 13.8 Å². The standard InChI is InChI=1S/C34H22O4.C2H6/c1-19-5-3-7-21(9-19)27-13-23-11-25-15-33(37-31(25)17-29(23)35-27)34-16-26-12-24-14-28(22-8-4-6-20(2)10-22)36-30(24)18-32(26)38-34;1-2/h3-18H,1-2H3;1-2H3. The van der Waals surface area contributed by atoms with Crippen LogP contribution >= 0.6 is 0 Å². The Balaban J connectivity index is 0.00000130. The average Bonchev–Trinajstić information content (AvgIpc) is 3.74. The van der Waals surface area contributed by atoms with Crippen LogP contribution < -0.4 is 0 Å². The van der Waals surface area contributed by atoms with Crippen molar-refractivity contribution in [2.45, 2.75) is 27.7 Å². The molecule has 4 aromatic heterocycles. The molecule has 0 amide bonds. The van der Waals surface area contributed by atoms with Crippen LogP contribution in [0.2, 0.25) is 0 Å². The van der Waals surface area contributed by atoms with Gasteiger partial charge < -0.3 is 17.7 Å². The van der Waals surface area contributed by atoms with Crippen LogP contribution in [-0.2, 0) is 0 Å². The fourth-order valence-corrected chi connectivity index (χ4v) is 5.28. The van der Waals surface area contributed by atoms with E-state index in [-0.39, 0.29) is 0 Å². The quantitative estimate of drug-likeness (QED) is 0.231. The van der Waals surface area contributed by atoms with Gasteiger partial charge in [0.2, 0.25) is 0 Å². The molecule has 4 nitrogen and oxygen atoms in total. The van der Waals surface area contributed by atoms with Gasteiger partial charge in [-0.2, -0.15) is 0 Å². The summed E-state index contributed by atoms with van der Waals surface area (Å²) in [5.74, 6) is 3.06. The van der Waals surface area contributed by atoms with Gasteiger partial charge in [-0.1, -0.05) is 61.4 Å². The van der Waals surface area contributed by atoms with Crippen molar-refractivity contribution in [2.24, 2.45) is 0 Å². The Hall–Kier alpha value is -4.96. The molecule has 0 bridgehead atoms. The van der Waals surface area contributed by atoms with Gasteiger partial charge in [0.05, 0.1) is 0 Å². The van der Waals surface area contributed by atoms with Gasteiger partial charge in [0.25, 0.3) is 0 Å². The predicted molar refractivity (Wildman–Crippen MR) is 163 cm³/mol. The molecule has 0 saturated heterocycles. The van der Waals surface area contributed by atoms with Crippen molar-refractivity contribution in [1.29, 1.82) is 0 Å². The first-order valence-corrected chi connectivity index (χ1v) is 13.6. The van der Waals surface area contributed by atoms with Crippen LogP contribution in [0.25, 0.3) is 78.0 Å². The molecule has 4 aromatic carbocycles. The van der Waals surface area contributed by atoms with E-state index in [1.165, 1.54) is 11.1 Å². The molecule has 4 heteroatoms. The molecule has 0 spiro atoms. The smallest absolute Gasteiger partial charge is 0.170 e. The Morgan fingerprint density at radius 3 is 1.10 bits per heavy atom. The Labute approximate surface area is 231 Å². The summed E-state index contributed by atoms with van der Waals surface area (Å²) in [7, 11) is 0. The van der Waals surface area contributed by atoms with Gasteiger partial charge in [-0.15, -0.1) is 0 Å². The summed E-state index contributed by atoms with van der Waals surface area (Å²) >= 11 is 0. The maximum atomic E-state index is 6.22. The molecular weight excluding hydrogens is 496 g/mol. The van der Waals surface area contributed by atoms with Crippen molar-refractivity contribution >= 4 is 43.9 Å². The summed E-state index contributed by atoms with van der Waals surface area (Å²) in [6, 6.07) is 32.9. The van der Waals surface area contributed by atoms with E-state index in [0.717, 1.165) is 66.5 Å². The topological polar surface area (TPSA) is 52.6 Å². The number of hydrogen-bond donors (Lipinski definition) is 0. The molecule has 0 aliphatic heterocycles. The van der Waals surface area contributed by atoms with E-state index < -0.39 is 0 Å². The van der Waals surface area contributed by atoms with E-state index in [1.807, 2.05) is 50.2 Å². The fraction of sp³-hybridized carbons (Fsp3) is 0.111. The van der Waals surface area contributed by atoms with E-state index in [0.29, 0.717) is 11.5 Å². The van der Waals surface area contributed by atoms with Crippen molar-refractivity contribution in [3.05, 3.63) is 108 Å². The third-order valence-electron chi connectivity index (χ3n) is 7.16. The van der Waals surface area contributed by atoms with Crippen LogP contribution in [0.15, 0.2) is 115 Å². The lowest BCUT2D eigenvalue weighted by Crippen LogP contribution is -1.75. The first-order chi connectivity index (χ1) is 19.6. The summed E-state index contributed by atoms with van der Waals surface area (Å²) in [6.45, 7) is 8.16. The summed E-state index contributed by atoms with van der Waals surface area (Å²) in [4.78, 5) is 0. The molecule has 0 aliphatic rings. The average molecular weight is 525 g/mol. The minimum atomic E-state index is 0.680. The van der Waals surface area contributed by atoms with Crippen LogP contribution in [-0.4, -0.2) is 0 Å². The minimum absolute atomic E-state index is 0.680. The molecule has 0 atom stereocenters. The van der Waals surface area contributed by atoms with Gasteiger partial charge in [-0.3, -0.25) is 0 Å². The van der Waals surface area contributed by atoms with Crippen LogP contribution in [0.4, 0.5) is 0 Å². The zero-order valence-electron chi connectivity index (χ0n) is 22.9. The normalized spacial score (nSPS) is 11.5. The van der Waals surface area contributed by atoms with Gasteiger partial charge in [0.1, 0.15) is 33.9 Å². The molecule has 0 radical (unpaired) electrons. The number of fused-ring (bicyclic) bond motifs is 4. The zero-order valence-corrected chi connectivity index (χ0v) is 22.9. The Morgan fingerprint density at radius 1 is 0.375 bits per heavy atom. The van der Waals surface area contributed by atoms with Crippen LogP contribution in [0.3, 0.4) is 0 Å². The molecule has 40 heavy (non-hydrogen) atoms. The lowest BCUT2D eigenvalue weighted by molar-refractivity contribution is 0.567. The van der Waals surface area contributed by atoms with E-state index in [4.69, 9.17) is 17.7 Å².